The SMILES string of the molecule is CC(Cc1cccc(O)c1)NCCC(c1ccccc1)c1ccccc1. The van der Waals surface area contributed by atoms with Crippen molar-refractivity contribution in [2.75, 3.05) is 6.54 Å². The van der Waals surface area contributed by atoms with Gasteiger partial charge in [0, 0.05) is 12.0 Å². The molecule has 2 heteroatoms. The quantitative estimate of drug-likeness (QED) is 0.593. The Labute approximate surface area is 156 Å². The number of hydrogen-bond acceptors (Lipinski definition) is 2. The van der Waals surface area contributed by atoms with Gasteiger partial charge in [-0.05, 0) is 55.1 Å². The molecule has 0 amide bonds. The summed E-state index contributed by atoms with van der Waals surface area (Å²) < 4.78 is 0. The number of nitrogens with one attached hydrogen (secondary N) is 1. The normalized spacial score (nSPS) is 12.2. The first kappa shape index (κ1) is 18.2. The first-order chi connectivity index (χ1) is 12.7. The Balaban J connectivity index is 1.60. The van der Waals surface area contributed by atoms with Crippen LogP contribution in [0.4, 0.5) is 0 Å². The van der Waals surface area contributed by atoms with Crippen molar-refractivity contribution in [3.63, 3.8) is 0 Å². The highest BCUT2D eigenvalue weighted by Gasteiger charge is 2.14. The van der Waals surface area contributed by atoms with E-state index in [9.17, 15) is 5.11 Å². The second kappa shape index (κ2) is 9.21. The summed E-state index contributed by atoms with van der Waals surface area (Å²) in [4.78, 5) is 0. The monoisotopic (exact) mass is 345 g/mol. The Morgan fingerprint density at radius 1 is 0.808 bits per heavy atom. The molecule has 0 radical (unpaired) electrons. The summed E-state index contributed by atoms with van der Waals surface area (Å²) in [6.45, 7) is 3.15. The molecule has 3 rings (SSSR count). The van der Waals surface area contributed by atoms with Crippen LogP contribution in [-0.4, -0.2) is 17.7 Å². The van der Waals surface area contributed by atoms with Gasteiger partial charge >= 0.3 is 0 Å². The van der Waals surface area contributed by atoms with Crippen LogP contribution in [0.2, 0.25) is 0 Å². The van der Waals surface area contributed by atoms with E-state index in [-0.39, 0.29) is 0 Å². The molecular weight excluding hydrogens is 318 g/mol. The number of phenolic OH excluding ortho intramolecular Hbond substituents is 1. The van der Waals surface area contributed by atoms with Crippen LogP contribution >= 0.6 is 0 Å². The Hall–Kier alpha value is -2.58. The smallest absolute Gasteiger partial charge is 0.115 e. The summed E-state index contributed by atoms with van der Waals surface area (Å²) in [7, 11) is 0. The molecule has 26 heavy (non-hydrogen) atoms. The van der Waals surface area contributed by atoms with Crippen LogP contribution in [-0.2, 0) is 6.42 Å². The topological polar surface area (TPSA) is 32.3 Å². The van der Waals surface area contributed by atoms with E-state index in [4.69, 9.17) is 0 Å². The molecule has 0 fully saturated rings. The van der Waals surface area contributed by atoms with Crippen molar-refractivity contribution in [3.05, 3.63) is 102 Å². The van der Waals surface area contributed by atoms with Gasteiger partial charge in [0.15, 0.2) is 0 Å². The minimum absolute atomic E-state index is 0.336. The molecule has 0 aliphatic heterocycles. The molecule has 3 aromatic carbocycles. The van der Waals surface area contributed by atoms with Gasteiger partial charge in [0.25, 0.3) is 0 Å². The van der Waals surface area contributed by atoms with Crippen LogP contribution in [0.15, 0.2) is 84.9 Å². The van der Waals surface area contributed by atoms with Crippen molar-refractivity contribution >= 4 is 0 Å². The van der Waals surface area contributed by atoms with Gasteiger partial charge in [-0.15, -0.1) is 0 Å². The second-order valence-electron chi connectivity index (χ2n) is 6.89. The first-order valence-electron chi connectivity index (χ1n) is 9.33. The lowest BCUT2D eigenvalue weighted by Gasteiger charge is -2.20. The zero-order chi connectivity index (χ0) is 18.2. The van der Waals surface area contributed by atoms with Gasteiger partial charge in [0.1, 0.15) is 5.75 Å². The number of phenols is 1. The first-order valence-corrected chi connectivity index (χ1v) is 9.33. The molecule has 2 N–H and O–H groups in total. The largest absolute Gasteiger partial charge is 0.508 e. The maximum absolute atomic E-state index is 9.61. The Morgan fingerprint density at radius 2 is 1.42 bits per heavy atom. The van der Waals surface area contributed by atoms with Gasteiger partial charge in [-0.2, -0.15) is 0 Å². The minimum atomic E-state index is 0.336. The van der Waals surface area contributed by atoms with E-state index in [1.165, 1.54) is 11.1 Å². The Bertz CT molecular complexity index is 746. The summed E-state index contributed by atoms with van der Waals surface area (Å²) >= 11 is 0. The Kier molecular flexibility index (Phi) is 6.45. The molecule has 0 heterocycles. The zero-order valence-electron chi connectivity index (χ0n) is 15.3. The fourth-order valence-corrected chi connectivity index (χ4v) is 3.48. The highest BCUT2D eigenvalue weighted by Crippen LogP contribution is 2.27. The molecule has 0 saturated carbocycles. The molecule has 0 aliphatic carbocycles. The van der Waals surface area contributed by atoms with E-state index >= 15 is 0 Å². The van der Waals surface area contributed by atoms with Crippen molar-refractivity contribution in [1.82, 2.24) is 5.32 Å². The van der Waals surface area contributed by atoms with E-state index in [1.54, 1.807) is 6.07 Å². The van der Waals surface area contributed by atoms with Gasteiger partial charge in [0.05, 0.1) is 0 Å². The summed E-state index contributed by atoms with van der Waals surface area (Å²) in [5, 5.41) is 13.2. The lowest BCUT2D eigenvalue weighted by atomic mass is 9.88. The highest BCUT2D eigenvalue weighted by molar-refractivity contribution is 5.32. The van der Waals surface area contributed by atoms with Crippen LogP contribution in [0, 0.1) is 0 Å². The standard InChI is InChI=1S/C24H27NO/c1-19(17-20-9-8-14-23(26)18-20)25-16-15-24(21-10-4-2-5-11-21)22-12-6-3-7-13-22/h2-14,18-19,24-26H,15-17H2,1H3. The number of aromatic hydroxyl groups is 1. The summed E-state index contributed by atoms with van der Waals surface area (Å²) in [6.07, 6.45) is 1.97. The van der Waals surface area contributed by atoms with Crippen LogP contribution in [0.1, 0.15) is 36.0 Å². The molecule has 3 aromatic rings. The molecule has 134 valence electrons. The fourth-order valence-electron chi connectivity index (χ4n) is 3.48. The maximum atomic E-state index is 9.61. The van der Waals surface area contributed by atoms with Gasteiger partial charge in [-0.25, -0.2) is 0 Å². The highest BCUT2D eigenvalue weighted by atomic mass is 16.3. The van der Waals surface area contributed by atoms with Crippen LogP contribution in [0.5, 0.6) is 5.75 Å². The van der Waals surface area contributed by atoms with Crippen LogP contribution in [0.25, 0.3) is 0 Å². The summed E-state index contributed by atoms with van der Waals surface area (Å²) in [5.41, 5.74) is 3.88. The summed E-state index contributed by atoms with van der Waals surface area (Å²) in [6, 6.07) is 29.3. The number of hydrogen-bond donors (Lipinski definition) is 2. The summed E-state index contributed by atoms with van der Waals surface area (Å²) in [5.74, 6) is 0.737. The van der Waals surface area contributed by atoms with Crippen molar-refractivity contribution in [2.24, 2.45) is 0 Å². The average Bonchev–Trinajstić information content (AvgIpc) is 2.67. The van der Waals surface area contributed by atoms with Crippen molar-refractivity contribution in [3.8, 4) is 5.75 Å². The second-order valence-corrected chi connectivity index (χ2v) is 6.89. The van der Waals surface area contributed by atoms with E-state index in [0.29, 0.717) is 17.7 Å². The van der Waals surface area contributed by atoms with E-state index in [2.05, 4.69) is 79.0 Å². The predicted octanol–water partition coefficient (Wildman–Crippen LogP) is 5.14. The van der Waals surface area contributed by atoms with Gasteiger partial charge in [0.2, 0.25) is 0 Å². The molecule has 0 spiro atoms. The fraction of sp³-hybridized carbons (Fsp3) is 0.250. The lowest BCUT2D eigenvalue weighted by Crippen LogP contribution is -2.30. The minimum Gasteiger partial charge on any atom is -0.508 e. The van der Waals surface area contributed by atoms with Gasteiger partial charge in [-0.1, -0.05) is 72.8 Å². The van der Waals surface area contributed by atoms with Crippen LogP contribution < -0.4 is 5.32 Å². The molecule has 0 aromatic heterocycles. The van der Waals surface area contributed by atoms with Crippen LogP contribution in [0.3, 0.4) is 0 Å². The van der Waals surface area contributed by atoms with Gasteiger partial charge in [-0.3, -0.25) is 0 Å². The number of benzene rings is 3. The Morgan fingerprint density at radius 3 is 2.00 bits per heavy atom. The zero-order valence-corrected chi connectivity index (χ0v) is 15.3. The van der Waals surface area contributed by atoms with Crippen molar-refractivity contribution < 1.29 is 5.11 Å². The molecule has 0 bridgehead atoms. The molecule has 2 nitrogen and oxygen atoms in total. The average molecular weight is 345 g/mol. The predicted molar refractivity (Wildman–Crippen MR) is 109 cm³/mol. The lowest BCUT2D eigenvalue weighted by molar-refractivity contribution is 0.473. The third kappa shape index (κ3) is 5.21. The number of rotatable bonds is 8. The van der Waals surface area contributed by atoms with Gasteiger partial charge < -0.3 is 10.4 Å². The molecule has 0 saturated heterocycles. The van der Waals surface area contributed by atoms with E-state index in [0.717, 1.165) is 24.9 Å². The third-order valence-corrected chi connectivity index (χ3v) is 4.78. The third-order valence-electron chi connectivity index (χ3n) is 4.78. The molecular formula is C24H27NO. The van der Waals surface area contributed by atoms with E-state index in [1.807, 2.05) is 12.1 Å². The molecule has 0 aliphatic rings. The van der Waals surface area contributed by atoms with Crippen molar-refractivity contribution in [1.29, 1.82) is 0 Å². The van der Waals surface area contributed by atoms with Crippen molar-refractivity contribution in [2.45, 2.75) is 31.7 Å². The van der Waals surface area contributed by atoms with E-state index < -0.39 is 0 Å². The molecule has 1 unspecified atom stereocenters. The maximum Gasteiger partial charge on any atom is 0.115 e. The molecule has 1 atom stereocenters.